The third-order valence-electron chi connectivity index (χ3n) is 1.15. The SMILES string of the molecule is SSSSCc1ccccc1. The van der Waals surface area contributed by atoms with Crippen LogP contribution in [0, 0.1) is 0 Å². The molecule has 0 aliphatic heterocycles. The van der Waals surface area contributed by atoms with Gasteiger partial charge in [-0.25, -0.2) is 0 Å². The fourth-order valence-corrected chi connectivity index (χ4v) is 3.77. The molecule has 0 fully saturated rings. The van der Waals surface area contributed by atoms with E-state index in [-0.39, 0.29) is 0 Å². The second-order valence-electron chi connectivity index (χ2n) is 1.89. The molecule has 0 unspecified atom stereocenters. The van der Waals surface area contributed by atoms with E-state index >= 15 is 0 Å². The zero-order chi connectivity index (χ0) is 7.94. The van der Waals surface area contributed by atoms with Crippen molar-refractivity contribution in [2.45, 2.75) is 5.75 Å². The predicted molar refractivity (Wildman–Crippen MR) is 61.9 cm³/mol. The van der Waals surface area contributed by atoms with Gasteiger partial charge in [0.05, 0.1) is 0 Å². The molecule has 1 rings (SSSR count). The number of hydrogen-bond donors (Lipinski definition) is 1. The highest BCUT2D eigenvalue weighted by atomic mass is 33.7. The van der Waals surface area contributed by atoms with Crippen molar-refractivity contribution in [2.24, 2.45) is 0 Å². The summed E-state index contributed by atoms with van der Waals surface area (Å²) in [6, 6.07) is 10.4. The Morgan fingerprint density at radius 3 is 2.55 bits per heavy atom. The van der Waals surface area contributed by atoms with Crippen LogP contribution >= 0.6 is 42.1 Å². The fourth-order valence-electron chi connectivity index (χ4n) is 0.688. The van der Waals surface area contributed by atoms with Crippen LogP contribution in [-0.2, 0) is 5.75 Å². The molecule has 0 aromatic heterocycles. The van der Waals surface area contributed by atoms with Gasteiger partial charge in [-0.2, -0.15) is 0 Å². The molecule has 0 spiro atoms. The summed E-state index contributed by atoms with van der Waals surface area (Å²) in [6.07, 6.45) is 0. The van der Waals surface area contributed by atoms with E-state index < -0.39 is 0 Å². The Balaban J connectivity index is 2.28. The fraction of sp³-hybridized carbons (Fsp3) is 0.143. The number of rotatable bonds is 4. The van der Waals surface area contributed by atoms with Crippen molar-refractivity contribution in [2.75, 3.05) is 0 Å². The summed E-state index contributed by atoms with van der Waals surface area (Å²) in [5.74, 6) is 1.05. The summed E-state index contributed by atoms with van der Waals surface area (Å²) in [5, 5.41) is 0. The molecule has 0 aliphatic rings. The molecular formula is C7H8S4. The highest BCUT2D eigenvalue weighted by Crippen LogP contribution is 2.38. The Labute approximate surface area is 83.5 Å². The average Bonchev–Trinajstić information content (AvgIpc) is 2.07. The van der Waals surface area contributed by atoms with Gasteiger partial charge in [-0.15, -0.1) is 0 Å². The van der Waals surface area contributed by atoms with E-state index in [1.54, 1.807) is 9.83 Å². The van der Waals surface area contributed by atoms with Crippen LogP contribution in [-0.4, -0.2) is 0 Å². The van der Waals surface area contributed by atoms with Crippen LogP contribution in [0.3, 0.4) is 0 Å². The Hall–Kier alpha value is 0.620. The van der Waals surface area contributed by atoms with E-state index in [4.69, 9.17) is 0 Å². The van der Waals surface area contributed by atoms with Crippen LogP contribution < -0.4 is 0 Å². The molecule has 0 saturated heterocycles. The number of hydrogen-bond acceptors (Lipinski definition) is 4. The van der Waals surface area contributed by atoms with E-state index in [2.05, 4.69) is 35.9 Å². The van der Waals surface area contributed by atoms with Crippen LogP contribution in [0.15, 0.2) is 30.3 Å². The van der Waals surface area contributed by atoms with Gasteiger partial charge in [-0.3, -0.25) is 0 Å². The molecule has 0 bridgehead atoms. The molecule has 0 atom stereocenters. The summed E-state index contributed by atoms with van der Waals surface area (Å²) in [7, 11) is 5.01. The van der Waals surface area contributed by atoms with Gasteiger partial charge in [0, 0.05) is 5.75 Å². The van der Waals surface area contributed by atoms with E-state index in [0.29, 0.717) is 0 Å². The van der Waals surface area contributed by atoms with Crippen molar-refractivity contribution in [3.8, 4) is 0 Å². The predicted octanol–water partition coefficient (Wildman–Crippen LogP) is 4.06. The van der Waals surface area contributed by atoms with Crippen LogP contribution in [0.2, 0.25) is 0 Å². The van der Waals surface area contributed by atoms with Crippen LogP contribution in [0.25, 0.3) is 0 Å². The Kier molecular flexibility index (Phi) is 5.45. The van der Waals surface area contributed by atoms with Gasteiger partial charge < -0.3 is 0 Å². The second kappa shape index (κ2) is 6.17. The first-order valence-corrected chi connectivity index (χ1v) is 7.77. The minimum atomic E-state index is 1.05. The number of benzene rings is 1. The highest BCUT2D eigenvalue weighted by molar-refractivity contribution is 9.23. The molecule has 1 aromatic carbocycles. The van der Waals surface area contributed by atoms with Crippen molar-refractivity contribution < 1.29 is 0 Å². The molecule has 0 saturated carbocycles. The van der Waals surface area contributed by atoms with E-state index in [9.17, 15) is 0 Å². The highest BCUT2D eigenvalue weighted by Gasteiger charge is 1.90. The maximum atomic E-state index is 4.03. The Morgan fingerprint density at radius 1 is 1.18 bits per heavy atom. The van der Waals surface area contributed by atoms with Gasteiger partial charge in [0.1, 0.15) is 0 Å². The summed E-state index contributed by atoms with van der Waals surface area (Å²) < 4.78 is 0. The molecule has 4 heteroatoms. The lowest BCUT2D eigenvalue weighted by Gasteiger charge is -1.96. The van der Waals surface area contributed by atoms with Crippen LogP contribution in [0.4, 0.5) is 0 Å². The van der Waals surface area contributed by atoms with Crippen molar-refractivity contribution >= 4 is 42.1 Å². The monoisotopic (exact) mass is 220 g/mol. The van der Waals surface area contributed by atoms with Crippen molar-refractivity contribution in [3.05, 3.63) is 35.9 Å². The summed E-state index contributed by atoms with van der Waals surface area (Å²) in [5.41, 5.74) is 1.37. The third-order valence-corrected chi connectivity index (χ3v) is 5.64. The van der Waals surface area contributed by atoms with Crippen molar-refractivity contribution in [1.29, 1.82) is 0 Å². The summed E-state index contributed by atoms with van der Waals surface area (Å²) in [4.78, 5) is 0. The first-order chi connectivity index (χ1) is 5.43. The lowest BCUT2D eigenvalue weighted by atomic mass is 10.2. The van der Waals surface area contributed by atoms with Crippen LogP contribution in [0.1, 0.15) is 5.56 Å². The van der Waals surface area contributed by atoms with E-state index in [1.165, 1.54) is 15.4 Å². The molecule has 11 heavy (non-hydrogen) atoms. The quantitative estimate of drug-likeness (QED) is 0.462. The van der Waals surface area contributed by atoms with Gasteiger partial charge in [-0.1, -0.05) is 52.8 Å². The lowest BCUT2D eigenvalue weighted by Crippen LogP contribution is -1.74. The van der Waals surface area contributed by atoms with Gasteiger partial charge in [-0.05, 0) is 25.2 Å². The largest absolute Gasteiger partial charge is 0.0989 e. The minimum Gasteiger partial charge on any atom is -0.0989 e. The first-order valence-electron chi connectivity index (χ1n) is 3.07. The smallest absolute Gasteiger partial charge is 0.0297 e. The Morgan fingerprint density at radius 2 is 1.91 bits per heavy atom. The Bertz CT molecular complexity index is 187. The summed E-state index contributed by atoms with van der Waals surface area (Å²) >= 11 is 4.03. The van der Waals surface area contributed by atoms with E-state index in [0.717, 1.165) is 5.75 Å². The van der Waals surface area contributed by atoms with Crippen molar-refractivity contribution in [1.82, 2.24) is 0 Å². The molecule has 1 aromatic rings. The zero-order valence-corrected chi connectivity index (χ0v) is 9.11. The first kappa shape index (κ1) is 9.71. The maximum Gasteiger partial charge on any atom is 0.0297 e. The average molecular weight is 220 g/mol. The van der Waals surface area contributed by atoms with Crippen molar-refractivity contribution in [3.63, 3.8) is 0 Å². The second-order valence-corrected chi connectivity index (χ2v) is 6.83. The minimum absolute atomic E-state index is 1.05. The maximum absolute atomic E-state index is 4.03. The van der Waals surface area contributed by atoms with Gasteiger partial charge in [0.2, 0.25) is 0 Å². The molecule has 0 heterocycles. The molecule has 0 N–H and O–H groups in total. The normalized spacial score (nSPS) is 9.91. The molecular weight excluding hydrogens is 212 g/mol. The number of thiol groups is 1. The van der Waals surface area contributed by atoms with Gasteiger partial charge >= 0.3 is 0 Å². The standard InChI is InChI=1S/C7H8S4/c8-10-11-9-6-7-4-2-1-3-5-7/h1-5,8H,6H2. The lowest BCUT2D eigenvalue weighted by molar-refractivity contribution is 1.43. The molecule has 0 aliphatic carbocycles. The molecule has 0 amide bonds. The van der Waals surface area contributed by atoms with Crippen LogP contribution in [0.5, 0.6) is 0 Å². The van der Waals surface area contributed by atoms with Gasteiger partial charge in [0.25, 0.3) is 0 Å². The molecule has 0 nitrogen and oxygen atoms in total. The topological polar surface area (TPSA) is 0 Å². The van der Waals surface area contributed by atoms with E-state index in [1.807, 2.05) is 16.9 Å². The molecule has 60 valence electrons. The summed E-state index contributed by atoms with van der Waals surface area (Å²) in [6.45, 7) is 0. The molecule has 0 radical (unpaired) electrons. The van der Waals surface area contributed by atoms with Gasteiger partial charge in [0.15, 0.2) is 0 Å². The third kappa shape index (κ3) is 4.25. The zero-order valence-electron chi connectivity index (χ0n) is 5.77.